The summed E-state index contributed by atoms with van der Waals surface area (Å²) in [5.74, 6) is -0.949. The number of rotatable bonds is 5. The quantitative estimate of drug-likeness (QED) is 0.322. The lowest BCUT2D eigenvalue weighted by Crippen LogP contribution is -2.44. The van der Waals surface area contributed by atoms with Gasteiger partial charge in [0, 0.05) is 4.91 Å². The summed E-state index contributed by atoms with van der Waals surface area (Å²) < 4.78 is 44.2. The molecule has 0 radical (unpaired) electrons. The Balaban J connectivity index is 2.20. The zero-order chi connectivity index (χ0) is 15.8. The highest BCUT2D eigenvalue weighted by Crippen LogP contribution is 2.40. The fraction of sp³-hybridized carbons (Fsp3) is 1.00. The van der Waals surface area contributed by atoms with Crippen molar-refractivity contribution in [3.63, 3.8) is 0 Å². The number of fused-ring (bicyclic) bond motifs is 1. The summed E-state index contributed by atoms with van der Waals surface area (Å²) in [6, 6.07) is 0. The lowest BCUT2D eigenvalue weighted by Gasteiger charge is -2.27. The highest BCUT2D eigenvalue weighted by Gasteiger charge is 2.57. The van der Waals surface area contributed by atoms with Gasteiger partial charge < -0.3 is 19.3 Å². The van der Waals surface area contributed by atoms with Crippen molar-refractivity contribution in [3.05, 3.63) is 10.4 Å². The van der Waals surface area contributed by atoms with Gasteiger partial charge in [0.1, 0.15) is 18.3 Å². The molecule has 2 aliphatic heterocycles. The van der Waals surface area contributed by atoms with Crippen LogP contribution in [0.5, 0.6) is 0 Å². The second-order valence-corrected chi connectivity index (χ2v) is 6.92. The summed E-state index contributed by atoms with van der Waals surface area (Å²) in [6.07, 6.45) is -4.16. The van der Waals surface area contributed by atoms with Gasteiger partial charge >= 0.3 is 0 Å². The molecule has 11 heteroatoms. The molecule has 1 N–H and O–H groups in total. The van der Waals surface area contributed by atoms with Gasteiger partial charge in [0.25, 0.3) is 10.1 Å². The Morgan fingerprint density at radius 3 is 2.71 bits per heavy atom. The van der Waals surface area contributed by atoms with E-state index < -0.39 is 46.6 Å². The average Bonchev–Trinajstić information content (AvgIpc) is 2.78. The van der Waals surface area contributed by atoms with Crippen LogP contribution in [0.1, 0.15) is 13.8 Å². The summed E-state index contributed by atoms with van der Waals surface area (Å²) in [5, 5.41) is 13.2. The summed E-state index contributed by atoms with van der Waals surface area (Å²) in [5.41, 5.74) is 8.27. The summed E-state index contributed by atoms with van der Waals surface area (Å²) in [4.78, 5) is 2.53. The maximum Gasteiger partial charge on any atom is 0.264 e. The summed E-state index contributed by atoms with van der Waals surface area (Å²) in [7, 11) is -3.80. The molecule has 0 amide bonds. The minimum Gasteiger partial charge on any atom is -0.390 e. The standard InChI is InChI=1S/C10H17N3O7S/c1-10(2)18-8-7(20-21(3,15)16)6(17-9(8)19-10)5(14)4-12-13-11/h5-9,14H,4H2,1-3H3. The number of hydrogen-bond acceptors (Lipinski definition) is 8. The van der Waals surface area contributed by atoms with Crippen LogP contribution in [0.15, 0.2) is 5.11 Å². The van der Waals surface area contributed by atoms with E-state index in [9.17, 15) is 13.5 Å². The van der Waals surface area contributed by atoms with Crippen LogP contribution in [0.25, 0.3) is 10.4 Å². The Hall–Kier alpha value is -0.940. The van der Waals surface area contributed by atoms with Gasteiger partial charge in [0.2, 0.25) is 0 Å². The molecule has 0 aliphatic carbocycles. The van der Waals surface area contributed by atoms with E-state index in [0.717, 1.165) is 6.26 Å². The van der Waals surface area contributed by atoms with Gasteiger partial charge in [-0.1, -0.05) is 5.11 Å². The molecule has 120 valence electrons. The maximum atomic E-state index is 11.4. The number of nitrogens with zero attached hydrogens (tertiary/aromatic N) is 3. The van der Waals surface area contributed by atoms with Crippen LogP contribution in [-0.4, -0.2) is 62.8 Å². The van der Waals surface area contributed by atoms with Crippen LogP contribution in [-0.2, 0) is 28.5 Å². The minimum absolute atomic E-state index is 0.284. The largest absolute Gasteiger partial charge is 0.390 e. The van der Waals surface area contributed by atoms with Crippen LogP contribution in [0.4, 0.5) is 0 Å². The van der Waals surface area contributed by atoms with Crippen LogP contribution in [0.3, 0.4) is 0 Å². The van der Waals surface area contributed by atoms with Crippen LogP contribution in [0, 0.1) is 0 Å². The molecule has 21 heavy (non-hydrogen) atoms. The van der Waals surface area contributed by atoms with Crippen molar-refractivity contribution >= 4 is 10.1 Å². The second-order valence-electron chi connectivity index (χ2n) is 5.31. The molecule has 2 rings (SSSR count). The monoisotopic (exact) mass is 323 g/mol. The average molecular weight is 323 g/mol. The van der Waals surface area contributed by atoms with E-state index in [2.05, 4.69) is 10.0 Å². The molecule has 0 aromatic rings. The molecule has 2 heterocycles. The van der Waals surface area contributed by atoms with Gasteiger partial charge in [-0.05, 0) is 19.4 Å². The van der Waals surface area contributed by atoms with E-state index in [4.69, 9.17) is 23.9 Å². The molecule has 0 bridgehead atoms. The lowest BCUT2D eigenvalue weighted by molar-refractivity contribution is -0.222. The maximum absolute atomic E-state index is 11.4. The predicted octanol–water partition coefficient (Wildman–Crippen LogP) is -0.121. The van der Waals surface area contributed by atoms with Gasteiger partial charge in [-0.25, -0.2) is 0 Å². The predicted molar refractivity (Wildman–Crippen MR) is 68.4 cm³/mol. The van der Waals surface area contributed by atoms with E-state index in [0.29, 0.717) is 0 Å². The zero-order valence-electron chi connectivity index (χ0n) is 11.7. The molecule has 2 saturated heterocycles. The van der Waals surface area contributed by atoms with Crippen molar-refractivity contribution in [2.75, 3.05) is 12.8 Å². The summed E-state index contributed by atoms with van der Waals surface area (Å²) in [6.45, 7) is 3.02. The number of aliphatic hydroxyl groups is 1. The SMILES string of the molecule is CC1(C)OC2OC(C(O)CN=[N+]=[N-])C(OS(C)(=O)=O)C2O1. The Labute approximate surface area is 121 Å². The van der Waals surface area contributed by atoms with E-state index in [1.165, 1.54) is 0 Å². The summed E-state index contributed by atoms with van der Waals surface area (Å²) >= 11 is 0. The molecule has 0 aromatic heterocycles. The van der Waals surface area contributed by atoms with Gasteiger partial charge in [0.15, 0.2) is 12.1 Å². The first-order valence-corrected chi connectivity index (χ1v) is 8.03. The Bertz CT molecular complexity index is 545. The fourth-order valence-electron chi connectivity index (χ4n) is 2.35. The third-order valence-electron chi connectivity index (χ3n) is 3.02. The second kappa shape index (κ2) is 5.69. The van der Waals surface area contributed by atoms with Gasteiger partial charge in [-0.3, -0.25) is 4.18 Å². The van der Waals surface area contributed by atoms with Crippen LogP contribution in [0.2, 0.25) is 0 Å². The molecular formula is C10H17N3O7S. The van der Waals surface area contributed by atoms with E-state index in [-0.39, 0.29) is 6.54 Å². The van der Waals surface area contributed by atoms with Crippen molar-refractivity contribution in [2.45, 2.75) is 50.3 Å². The molecule has 2 aliphatic rings. The molecule has 0 aromatic carbocycles. The molecule has 5 unspecified atom stereocenters. The van der Waals surface area contributed by atoms with Gasteiger partial charge in [0.05, 0.1) is 18.9 Å². The molecule has 2 fully saturated rings. The van der Waals surface area contributed by atoms with E-state index in [1.807, 2.05) is 0 Å². The Kier molecular flexibility index (Phi) is 4.45. The van der Waals surface area contributed by atoms with Gasteiger partial charge in [-0.15, -0.1) is 0 Å². The minimum atomic E-state index is -3.80. The van der Waals surface area contributed by atoms with Crippen molar-refractivity contribution in [1.29, 1.82) is 0 Å². The van der Waals surface area contributed by atoms with E-state index in [1.54, 1.807) is 13.8 Å². The molecule has 5 atom stereocenters. The van der Waals surface area contributed by atoms with Crippen molar-refractivity contribution in [2.24, 2.45) is 5.11 Å². The Morgan fingerprint density at radius 1 is 1.48 bits per heavy atom. The molecule has 0 spiro atoms. The molecule has 10 nitrogen and oxygen atoms in total. The van der Waals surface area contributed by atoms with Crippen LogP contribution < -0.4 is 0 Å². The van der Waals surface area contributed by atoms with Crippen molar-refractivity contribution < 1.29 is 31.9 Å². The third-order valence-corrected chi connectivity index (χ3v) is 3.60. The first-order valence-electron chi connectivity index (χ1n) is 6.21. The number of aliphatic hydroxyl groups excluding tert-OH is 1. The fourth-order valence-corrected chi connectivity index (χ4v) is 2.97. The van der Waals surface area contributed by atoms with Gasteiger partial charge in [-0.2, -0.15) is 8.42 Å². The lowest BCUT2D eigenvalue weighted by atomic mass is 10.1. The van der Waals surface area contributed by atoms with E-state index >= 15 is 0 Å². The highest BCUT2D eigenvalue weighted by atomic mass is 32.2. The van der Waals surface area contributed by atoms with Crippen molar-refractivity contribution in [1.82, 2.24) is 0 Å². The molecular weight excluding hydrogens is 306 g/mol. The number of hydrogen-bond donors (Lipinski definition) is 1. The number of ether oxygens (including phenoxy) is 3. The first kappa shape index (κ1) is 16.4. The van der Waals surface area contributed by atoms with Crippen molar-refractivity contribution in [3.8, 4) is 0 Å². The molecule has 0 saturated carbocycles. The normalized spacial score (nSPS) is 36.0. The zero-order valence-corrected chi connectivity index (χ0v) is 12.6. The highest BCUT2D eigenvalue weighted by molar-refractivity contribution is 7.86. The first-order chi connectivity index (χ1) is 9.63. The smallest absolute Gasteiger partial charge is 0.264 e. The number of azide groups is 1. The topological polar surface area (TPSA) is 140 Å². The Morgan fingerprint density at radius 2 is 2.14 bits per heavy atom. The third kappa shape index (κ3) is 3.83. The van der Waals surface area contributed by atoms with Crippen LogP contribution >= 0.6 is 0 Å².